The average molecular weight is 441 g/mol. The molecule has 0 aliphatic heterocycles. The lowest BCUT2D eigenvalue weighted by Crippen LogP contribution is -2.17. The summed E-state index contributed by atoms with van der Waals surface area (Å²) in [4.78, 5) is 35.1. The van der Waals surface area contributed by atoms with E-state index in [1.54, 1.807) is 35.9 Å². The first-order valence-electron chi connectivity index (χ1n) is 9.10. The van der Waals surface area contributed by atoms with Gasteiger partial charge in [0.2, 0.25) is 5.91 Å². The summed E-state index contributed by atoms with van der Waals surface area (Å²) >= 11 is 1.14. The Morgan fingerprint density at radius 2 is 1.97 bits per heavy atom. The quantitative estimate of drug-likeness (QED) is 0.232. The number of ketones is 1. The van der Waals surface area contributed by atoms with Crippen molar-refractivity contribution in [3.05, 3.63) is 70.0 Å². The molecule has 1 aromatic heterocycles. The Bertz CT molecular complexity index is 1130. The summed E-state index contributed by atoms with van der Waals surface area (Å²) in [7, 11) is 3.22. The van der Waals surface area contributed by atoms with Gasteiger partial charge < -0.3 is 14.6 Å². The van der Waals surface area contributed by atoms with Crippen LogP contribution < -0.4 is 10.1 Å². The summed E-state index contributed by atoms with van der Waals surface area (Å²) in [5.41, 5.74) is 0.660. The van der Waals surface area contributed by atoms with Gasteiger partial charge in [0.1, 0.15) is 11.6 Å². The van der Waals surface area contributed by atoms with Crippen LogP contribution in [-0.2, 0) is 18.3 Å². The number of hydrogen-bond acceptors (Lipinski definition) is 8. The zero-order valence-electron chi connectivity index (χ0n) is 16.8. The number of Topliss-reactive ketones (excluding diaryl/α,β-unsaturated/α-hetero) is 1. The molecule has 2 aromatic carbocycles. The number of carbonyl (C=O) groups is 2. The minimum absolute atomic E-state index is 0.0130. The number of para-hydroxylation sites is 2. The lowest BCUT2D eigenvalue weighted by atomic mass is 10.1. The van der Waals surface area contributed by atoms with E-state index in [1.807, 2.05) is 0 Å². The molecule has 0 saturated carbocycles. The number of nitro groups is 1. The van der Waals surface area contributed by atoms with E-state index < -0.39 is 4.92 Å². The van der Waals surface area contributed by atoms with Crippen LogP contribution in [0.25, 0.3) is 0 Å². The maximum Gasteiger partial charge on any atom is 0.270 e. The third-order valence-electron chi connectivity index (χ3n) is 4.34. The van der Waals surface area contributed by atoms with Gasteiger partial charge in [-0.2, -0.15) is 0 Å². The van der Waals surface area contributed by atoms with E-state index in [4.69, 9.17) is 4.74 Å². The van der Waals surface area contributed by atoms with E-state index in [0.717, 1.165) is 11.8 Å². The monoisotopic (exact) mass is 441 g/mol. The molecule has 0 aliphatic rings. The van der Waals surface area contributed by atoms with E-state index >= 15 is 0 Å². The first-order chi connectivity index (χ1) is 14.9. The Hall–Kier alpha value is -3.73. The predicted molar refractivity (Wildman–Crippen MR) is 114 cm³/mol. The zero-order chi connectivity index (χ0) is 22.4. The van der Waals surface area contributed by atoms with Crippen LogP contribution in [0, 0.1) is 10.1 Å². The number of anilines is 1. The molecule has 0 fully saturated rings. The van der Waals surface area contributed by atoms with Gasteiger partial charge in [-0.25, -0.2) is 0 Å². The number of benzene rings is 2. The molecule has 160 valence electrons. The van der Waals surface area contributed by atoms with E-state index in [1.165, 1.54) is 31.4 Å². The molecule has 0 atom stereocenters. The van der Waals surface area contributed by atoms with Crippen LogP contribution in [0.1, 0.15) is 16.2 Å². The summed E-state index contributed by atoms with van der Waals surface area (Å²) in [6.45, 7) is 0. The van der Waals surface area contributed by atoms with Crippen molar-refractivity contribution >= 4 is 34.8 Å². The van der Waals surface area contributed by atoms with Gasteiger partial charge in [0.15, 0.2) is 10.9 Å². The van der Waals surface area contributed by atoms with Crippen molar-refractivity contribution in [1.29, 1.82) is 0 Å². The highest BCUT2D eigenvalue weighted by molar-refractivity contribution is 7.99. The number of nitro benzene ring substituents is 1. The molecule has 11 heteroatoms. The fourth-order valence-corrected chi connectivity index (χ4v) is 3.54. The van der Waals surface area contributed by atoms with Crippen LogP contribution in [-0.4, -0.2) is 44.2 Å². The lowest BCUT2D eigenvalue weighted by Gasteiger charge is -2.09. The minimum Gasteiger partial charge on any atom is -0.495 e. The van der Waals surface area contributed by atoms with Gasteiger partial charge in [-0.05, 0) is 12.1 Å². The van der Waals surface area contributed by atoms with Gasteiger partial charge in [0, 0.05) is 24.7 Å². The highest BCUT2D eigenvalue weighted by Gasteiger charge is 2.17. The summed E-state index contributed by atoms with van der Waals surface area (Å²) in [6.07, 6.45) is -0.0130. The van der Waals surface area contributed by atoms with Gasteiger partial charge in [-0.3, -0.25) is 19.7 Å². The number of methoxy groups -OCH3 is 1. The smallest absolute Gasteiger partial charge is 0.270 e. The number of hydrogen-bond donors (Lipinski definition) is 1. The predicted octanol–water partition coefficient (Wildman–Crippen LogP) is 2.89. The van der Waals surface area contributed by atoms with Crippen molar-refractivity contribution in [1.82, 2.24) is 14.8 Å². The molecule has 3 aromatic rings. The van der Waals surface area contributed by atoms with Crippen molar-refractivity contribution in [2.75, 3.05) is 18.2 Å². The molecule has 0 unspecified atom stereocenters. The van der Waals surface area contributed by atoms with Crippen LogP contribution in [0.4, 0.5) is 11.4 Å². The number of aromatic nitrogens is 3. The van der Waals surface area contributed by atoms with Crippen molar-refractivity contribution in [3.8, 4) is 5.75 Å². The fraction of sp³-hybridized carbons (Fsp3) is 0.200. The van der Waals surface area contributed by atoms with Gasteiger partial charge in [0.05, 0.1) is 29.9 Å². The maximum atomic E-state index is 12.4. The summed E-state index contributed by atoms with van der Waals surface area (Å²) in [5, 5.41) is 22.2. The molecule has 1 amide bonds. The summed E-state index contributed by atoms with van der Waals surface area (Å²) in [5.74, 6) is 0.444. The third kappa shape index (κ3) is 5.45. The summed E-state index contributed by atoms with van der Waals surface area (Å²) in [6, 6.07) is 12.6. The molecule has 0 saturated heterocycles. The normalized spacial score (nSPS) is 10.5. The summed E-state index contributed by atoms with van der Waals surface area (Å²) < 4.78 is 6.85. The maximum absolute atomic E-state index is 12.4. The number of amides is 1. The van der Waals surface area contributed by atoms with Crippen molar-refractivity contribution in [2.45, 2.75) is 11.6 Å². The number of nitrogens with one attached hydrogen (secondary N) is 1. The lowest BCUT2D eigenvalue weighted by molar-refractivity contribution is -0.384. The van der Waals surface area contributed by atoms with Gasteiger partial charge >= 0.3 is 0 Å². The second kappa shape index (κ2) is 9.85. The van der Waals surface area contributed by atoms with Gasteiger partial charge in [0.25, 0.3) is 5.69 Å². The van der Waals surface area contributed by atoms with Crippen LogP contribution in [0.15, 0.2) is 53.7 Å². The fourth-order valence-electron chi connectivity index (χ4n) is 2.72. The molecule has 1 N–H and O–H groups in total. The van der Waals surface area contributed by atoms with E-state index in [2.05, 4.69) is 15.5 Å². The van der Waals surface area contributed by atoms with Crippen molar-refractivity contribution in [2.24, 2.45) is 7.05 Å². The van der Waals surface area contributed by atoms with Gasteiger partial charge in [-0.15, -0.1) is 10.2 Å². The Morgan fingerprint density at radius 3 is 2.71 bits per heavy atom. The molecule has 0 aliphatic carbocycles. The number of rotatable bonds is 9. The Morgan fingerprint density at radius 1 is 1.19 bits per heavy atom. The van der Waals surface area contributed by atoms with E-state index in [9.17, 15) is 19.7 Å². The molecule has 1 heterocycles. The molecule has 0 radical (unpaired) electrons. The molecule has 10 nitrogen and oxygen atoms in total. The van der Waals surface area contributed by atoms with Crippen LogP contribution in [0.3, 0.4) is 0 Å². The SMILES string of the molecule is COc1ccccc1NC(=O)Cc1nnc(SCC(=O)c2cccc([N+](=O)[O-])c2)n1C. The van der Waals surface area contributed by atoms with E-state index in [-0.39, 0.29) is 35.1 Å². The van der Waals surface area contributed by atoms with Crippen molar-refractivity contribution in [3.63, 3.8) is 0 Å². The number of carbonyl (C=O) groups excluding carboxylic acids is 2. The second-order valence-electron chi connectivity index (χ2n) is 6.40. The second-order valence-corrected chi connectivity index (χ2v) is 7.34. The molecular weight excluding hydrogens is 422 g/mol. The van der Waals surface area contributed by atoms with Crippen LogP contribution >= 0.6 is 11.8 Å². The highest BCUT2D eigenvalue weighted by atomic mass is 32.2. The van der Waals surface area contributed by atoms with Crippen molar-refractivity contribution < 1.29 is 19.2 Å². The Kier molecular flexibility index (Phi) is 6.98. The number of non-ortho nitro benzene ring substituents is 1. The number of ether oxygens (including phenoxy) is 1. The number of nitrogens with zero attached hydrogens (tertiary/aromatic N) is 4. The Labute approximate surface area is 181 Å². The van der Waals surface area contributed by atoms with E-state index in [0.29, 0.717) is 22.4 Å². The molecule has 3 rings (SSSR count). The third-order valence-corrected chi connectivity index (χ3v) is 5.36. The molecule has 31 heavy (non-hydrogen) atoms. The van der Waals surface area contributed by atoms with Crippen LogP contribution in [0.5, 0.6) is 5.75 Å². The average Bonchev–Trinajstić information content (AvgIpc) is 3.11. The standard InChI is InChI=1S/C20H19N5O5S/c1-24-18(11-19(27)21-15-8-3-4-9-17(15)30-2)22-23-20(24)31-12-16(26)13-6-5-7-14(10-13)25(28)29/h3-10H,11-12H2,1-2H3,(H,21,27). The topological polar surface area (TPSA) is 129 Å². The highest BCUT2D eigenvalue weighted by Crippen LogP contribution is 2.23. The first kappa shape index (κ1) is 22.0. The zero-order valence-corrected chi connectivity index (χ0v) is 17.6. The largest absolute Gasteiger partial charge is 0.495 e. The van der Waals surface area contributed by atoms with Gasteiger partial charge in [-0.1, -0.05) is 36.0 Å². The molecular formula is C20H19N5O5S. The molecule has 0 spiro atoms. The minimum atomic E-state index is -0.547. The first-order valence-corrected chi connectivity index (χ1v) is 10.1. The molecule has 0 bridgehead atoms. The number of thioether (sulfide) groups is 1. The van der Waals surface area contributed by atoms with Crippen LogP contribution in [0.2, 0.25) is 0 Å². The Balaban J connectivity index is 1.61.